The molecule has 1 fully saturated rings. The fourth-order valence-corrected chi connectivity index (χ4v) is 9.50. The number of hydrogen-bond donors (Lipinski definition) is 3. The Labute approximate surface area is 221 Å². The number of halogens is 2. The Kier molecular flexibility index (Phi) is 10.0. The van der Waals surface area contributed by atoms with E-state index in [2.05, 4.69) is 35.8 Å². The number of fused-ring (bicyclic) bond motifs is 1. The second kappa shape index (κ2) is 13.4. The molecule has 5 nitrogen and oxygen atoms in total. The number of urea groups is 1. The molecule has 4 rings (SSSR count). The van der Waals surface area contributed by atoms with Crippen LogP contribution in [0.3, 0.4) is 0 Å². The van der Waals surface area contributed by atoms with E-state index in [-0.39, 0.29) is 31.1 Å². The SMILES string of the molecule is CCI1CC=CC(NC(=O)NC2CCC(CCCc3ccc4cc(F)ccc4c3)CC2)=C1OCCO. The molecule has 0 atom stereocenters. The third-order valence-corrected chi connectivity index (χ3v) is 12.7. The first-order chi connectivity index (χ1) is 17.6. The van der Waals surface area contributed by atoms with Gasteiger partial charge in [-0.15, -0.1) is 0 Å². The van der Waals surface area contributed by atoms with Crippen molar-refractivity contribution in [3.63, 3.8) is 0 Å². The van der Waals surface area contributed by atoms with E-state index in [9.17, 15) is 9.18 Å². The van der Waals surface area contributed by atoms with Gasteiger partial charge in [0.05, 0.1) is 0 Å². The Morgan fingerprint density at radius 3 is 2.69 bits per heavy atom. The average Bonchev–Trinajstić information content (AvgIpc) is 2.88. The molecule has 7 heteroatoms. The molecule has 1 heterocycles. The Balaban J connectivity index is 1.19. The molecule has 0 radical (unpaired) electrons. The number of amides is 2. The molecule has 36 heavy (non-hydrogen) atoms. The van der Waals surface area contributed by atoms with E-state index in [1.807, 2.05) is 18.2 Å². The number of alkyl halides is 2. The Bertz CT molecular complexity index is 1100. The quantitative estimate of drug-likeness (QED) is 0.215. The van der Waals surface area contributed by atoms with Crippen molar-refractivity contribution in [2.45, 2.75) is 57.9 Å². The summed E-state index contributed by atoms with van der Waals surface area (Å²) in [5, 5.41) is 17.4. The van der Waals surface area contributed by atoms with Crippen LogP contribution in [-0.2, 0) is 11.2 Å². The number of aliphatic hydroxyl groups excluding tert-OH is 1. The van der Waals surface area contributed by atoms with Crippen LogP contribution in [0.5, 0.6) is 0 Å². The molecular formula is C29H38FIN2O3. The minimum atomic E-state index is -1.46. The van der Waals surface area contributed by atoms with Crippen LogP contribution in [0.2, 0.25) is 0 Å². The molecule has 1 aliphatic carbocycles. The van der Waals surface area contributed by atoms with Crippen LogP contribution in [0.1, 0.15) is 51.0 Å². The Morgan fingerprint density at radius 1 is 1.14 bits per heavy atom. The Hall–Kier alpha value is -2.13. The van der Waals surface area contributed by atoms with Gasteiger partial charge < -0.3 is 0 Å². The second-order valence-electron chi connectivity index (χ2n) is 9.57. The van der Waals surface area contributed by atoms with Gasteiger partial charge in [-0.3, -0.25) is 0 Å². The van der Waals surface area contributed by atoms with Gasteiger partial charge in [0, 0.05) is 0 Å². The normalized spacial score (nSPS) is 21.0. The van der Waals surface area contributed by atoms with E-state index in [0.717, 1.165) is 67.6 Å². The standard InChI is InChI=1S/C29H38FIN2O3/c1-2-31-16-4-7-27(28(31)36-18-17-34)33-29(35)32-26-14-9-21(10-15-26)5-3-6-22-8-11-24-20-25(30)13-12-23(24)19-22/h4,7-8,11-13,19-21,26,34H,2-3,5-6,9-10,14-18H2,1H3,(H2,32,33,35). The monoisotopic (exact) mass is 608 g/mol. The maximum atomic E-state index is 13.4. The number of nitrogens with one attached hydrogen (secondary N) is 2. The average molecular weight is 609 g/mol. The molecule has 0 spiro atoms. The van der Waals surface area contributed by atoms with Crippen LogP contribution in [0, 0.1) is 11.7 Å². The fraction of sp³-hybridized carbons (Fsp3) is 0.483. The van der Waals surface area contributed by atoms with Crippen LogP contribution in [0.15, 0.2) is 58.0 Å². The summed E-state index contributed by atoms with van der Waals surface area (Å²) < 4.78 is 22.3. The van der Waals surface area contributed by atoms with Crippen molar-refractivity contribution in [3.8, 4) is 0 Å². The van der Waals surface area contributed by atoms with Crippen molar-refractivity contribution in [1.82, 2.24) is 10.6 Å². The molecule has 1 saturated carbocycles. The number of benzene rings is 2. The zero-order valence-electron chi connectivity index (χ0n) is 21.1. The molecule has 1 aliphatic heterocycles. The van der Waals surface area contributed by atoms with Gasteiger partial charge in [-0.25, -0.2) is 4.39 Å². The van der Waals surface area contributed by atoms with Crippen LogP contribution in [0.4, 0.5) is 9.18 Å². The molecule has 0 saturated heterocycles. The summed E-state index contributed by atoms with van der Waals surface area (Å²) in [6.07, 6.45) is 11.8. The molecule has 0 unspecified atom stereocenters. The number of rotatable bonds is 10. The molecule has 2 aromatic rings. The predicted octanol–water partition coefficient (Wildman–Crippen LogP) is 6.43. The zero-order valence-corrected chi connectivity index (χ0v) is 23.2. The van der Waals surface area contributed by atoms with Crippen molar-refractivity contribution < 1.29 is 19.0 Å². The van der Waals surface area contributed by atoms with Gasteiger partial charge in [-0.1, -0.05) is 24.3 Å². The van der Waals surface area contributed by atoms with Gasteiger partial charge in [-0.2, -0.15) is 0 Å². The van der Waals surface area contributed by atoms with Crippen molar-refractivity contribution >= 4 is 36.6 Å². The summed E-state index contributed by atoms with van der Waals surface area (Å²) in [6.45, 7) is 2.43. The summed E-state index contributed by atoms with van der Waals surface area (Å²) in [4.78, 5) is 12.7. The minimum absolute atomic E-state index is 0.0207. The molecule has 2 amide bonds. The summed E-state index contributed by atoms with van der Waals surface area (Å²) in [5.74, 6) is 0.518. The predicted molar refractivity (Wildman–Crippen MR) is 153 cm³/mol. The molecule has 3 N–H and O–H groups in total. The second-order valence-corrected chi connectivity index (χ2v) is 15.6. The molecule has 0 bridgehead atoms. The van der Waals surface area contributed by atoms with Crippen molar-refractivity contribution in [2.75, 3.05) is 22.1 Å². The van der Waals surface area contributed by atoms with E-state index in [0.29, 0.717) is 5.92 Å². The summed E-state index contributed by atoms with van der Waals surface area (Å²) >= 11 is -1.46. The van der Waals surface area contributed by atoms with Crippen molar-refractivity contribution in [1.29, 1.82) is 0 Å². The van der Waals surface area contributed by atoms with Crippen LogP contribution in [0.25, 0.3) is 10.8 Å². The number of ether oxygens (including phenoxy) is 1. The van der Waals surface area contributed by atoms with Crippen LogP contribution >= 0.6 is 19.8 Å². The van der Waals surface area contributed by atoms with Crippen LogP contribution in [-0.4, -0.2) is 39.2 Å². The first-order valence-corrected chi connectivity index (χ1v) is 17.2. The summed E-state index contributed by atoms with van der Waals surface area (Å²) in [5.41, 5.74) is 2.08. The molecule has 0 aromatic heterocycles. The van der Waals surface area contributed by atoms with E-state index in [4.69, 9.17) is 9.84 Å². The third-order valence-electron chi connectivity index (χ3n) is 7.03. The van der Waals surface area contributed by atoms with Crippen molar-refractivity contribution in [3.05, 3.63) is 69.4 Å². The molecule has 2 aromatic carbocycles. The van der Waals surface area contributed by atoms with Gasteiger partial charge in [0.2, 0.25) is 0 Å². The molecule has 196 valence electrons. The van der Waals surface area contributed by atoms with Gasteiger partial charge in [0.1, 0.15) is 5.82 Å². The van der Waals surface area contributed by atoms with Gasteiger partial charge in [-0.05, 0) is 28.5 Å². The van der Waals surface area contributed by atoms with E-state index < -0.39 is 19.8 Å². The first kappa shape index (κ1) is 26.9. The number of aryl methyl sites for hydroxylation is 1. The van der Waals surface area contributed by atoms with Gasteiger partial charge in [0.15, 0.2) is 0 Å². The first-order valence-electron chi connectivity index (χ1n) is 13.1. The molecule has 2 aliphatic rings. The van der Waals surface area contributed by atoms with Gasteiger partial charge in [0.25, 0.3) is 0 Å². The third kappa shape index (κ3) is 7.44. The van der Waals surface area contributed by atoms with Crippen LogP contribution < -0.4 is 10.6 Å². The number of allylic oxidation sites excluding steroid dienone is 2. The topological polar surface area (TPSA) is 70.6 Å². The molecular weight excluding hydrogens is 570 g/mol. The number of hydrogen-bond acceptors (Lipinski definition) is 3. The number of carbonyl (C=O) groups is 1. The van der Waals surface area contributed by atoms with Gasteiger partial charge >= 0.3 is 159 Å². The summed E-state index contributed by atoms with van der Waals surface area (Å²) in [6, 6.07) is 11.3. The van der Waals surface area contributed by atoms with E-state index in [1.54, 1.807) is 6.07 Å². The fourth-order valence-electron chi connectivity index (χ4n) is 5.12. The Morgan fingerprint density at radius 2 is 1.92 bits per heavy atom. The summed E-state index contributed by atoms with van der Waals surface area (Å²) in [7, 11) is 0. The van der Waals surface area contributed by atoms with E-state index >= 15 is 0 Å². The number of carbonyl (C=O) groups excluding carboxylic acids is 1. The van der Waals surface area contributed by atoms with E-state index in [1.165, 1.54) is 18.1 Å². The maximum absolute atomic E-state index is 13.4. The zero-order chi connectivity index (χ0) is 25.3. The van der Waals surface area contributed by atoms with Crippen molar-refractivity contribution in [2.24, 2.45) is 5.92 Å². The number of aliphatic hydroxyl groups is 1.